The summed E-state index contributed by atoms with van der Waals surface area (Å²) >= 11 is 0. The second kappa shape index (κ2) is 5.79. The molecule has 118 valence electrons. The van der Waals surface area contributed by atoms with Crippen LogP contribution in [-0.2, 0) is 4.74 Å². The van der Waals surface area contributed by atoms with Crippen molar-refractivity contribution in [2.24, 2.45) is 29.6 Å². The van der Waals surface area contributed by atoms with Gasteiger partial charge in [-0.25, -0.2) is 4.79 Å². The summed E-state index contributed by atoms with van der Waals surface area (Å²) in [5, 5.41) is 6.37. The Morgan fingerprint density at radius 2 is 1.81 bits per heavy atom. The molecule has 2 amide bonds. The Hall–Kier alpha value is -0.770. The van der Waals surface area contributed by atoms with Crippen LogP contribution in [0, 0.1) is 29.6 Å². The van der Waals surface area contributed by atoms with Crippen LogP contribution in [0.1, 0.15) is 44.9 Å². The topological polar surface area (TPSA) is 50.4 Å². The van der Waals surface area contributed by atoms with Crippen molar-refractivity contribution in [3.8, 4) is 0 Å². The summed E-state index contributed by atoms with van der Waals surface area (Å²) in [5.74, 6) is 4.20. The Kier molecular flexibility index (Phi) is 3.82. The van der Waals surface area contributed by atoms with Crippen molar-refractivity contribution in [2.75, 3.05) is 19.8 Å². The maximum absolute atomic E-state index is 12.2. The van der Waals surface area contributed by atoms with Gasteiger partial charge in [0, 0.05) is 25.8 Å². The predicted molar refractivity (Wildman–Crippen MR) is 80.9 cm³/mol. The largest absolute Gasteiger partial charge is 0.381 e. The lowest BCUT2D eigenvalue weighted by molar-refractivity contribution is 0.0668. The number of ether oxygens (including phenoxy) is 1. The molecule has 5 atom stereocenters. The van der Waals surface area contributed by atoms with Gasteiger partial charge in [-0.2, -0.15) is 0 Å². The number of fused-ring (bicyclic) bond motifs is 5. The third-order valence-electron chi connectivity index (χ3n) is 6.64. The van der Waals surface area contributed by atoms with Crippen LogP contribution in [0.4, 0.5) is 4.79 Å². The Balaban J connectivity index is 1.24. The molecule has 0 unspecified atom stereocenters. The van der Waals surface area contributed by atoms with Crippen LogP contribution in [0.15, 0.2) is 0 Å². The van der Waals surface area contributed by atoms with E-state index in [1.807, 2.05) is 0 Å². The fraction of sp³-hybridized carbons (Fsp3) is 0.941. The van der Waals surface area contributed by atoms with Crippen molar-refractivity contribution in [2.45, 2.75) is 51.0 Å². The van der Waals surface area contributed by atoms with Gasteiger partial charge in [0.1, 0.15) is 0 Å². The summed E-state index contributed by atoms with van der Waals surface area (Å²) in [6.07, 6.45) is 9.06. The maximum atomic E-state index is 12.2. The van der Waals surface area contributed by atoms with Crippen LogP contribution in [0.2, 0.25) is 0 Å². The van der Waals surface area contributed by atoms with E-state index < -0.39 is 0 Å². The molecule has 0 aromatic heterocycles. The third kappa shape index (κ3) is 2.67. The van der Waals surface area contributed by atoms with E-state index in [1.54, 1.807) is 0 Å². The SMILES string of the molecule is O=C(NCC1CCOCC1)N[C@@H]1C[C@H]2C[C@H]1[C@H]1CCC[C@@H]21. The molecule has 21 heavy (non-hydrogen) atoms. The molecule has 4 rings (SSSR count). The number of carbonyl (C=O) groups is 1. The monoisotopic (exact) mass is 292 g/mol. The van der Waals surface area contributed by atoms with E-state index in [2.05, 4.69) is 10.6 Å². The molecule has 1 aliphatic heterocycles. The first-order valence-electron chi connectivity index (χ1n) is 8.93. The lowest BCUT2D eigenvalue weighted by atomic mass is 9.79. The Morgan fingerprint density at radius 1 is 1.00 bits per heavy atom. The molecule has 4 nitrogen and oxygen atoms in total. The summed E-state index contributed by atoms with van der Waals surface area (Å²) in [5.41, 5.74) is 0. The van der Waals surface area contributed by atoms with Crippen molar-refractivity contribution in [1.29, 1.82) is 0 Å². The minimum Gasteiger partial charge on any atom is -0.381 e. The highest BCUT2D eigenvalue weighted by Gasteiger charge is 2.54. The summed E-state index contributed by atoms with van der Waals surface area (Å²) in [7, 11) is 0. The van der Waals surface area contributed by atoms with Gasteiger partial charge in [0.2, 0.25) is 0 Å². The first kappa shape index (κ1) is 13.9. The van der Waals surface area contributed by atoms with Gasteiger partial charge in [-0.1, -0.05) is 6.42 Å². The average Bonchev–Trinajstić information content (AvgIpc) is 3.18. The summed E-state index contributed by atoms with van der Waals surface area (Å²) in [6.45, 7) is 2.51. The number of hydrogen-bond donors (Lipinski definition) is 2. The summed E-state index contributed by atoms with van der Waals surface area (Å²) in [6, 6.07) is 0.512. The smallest absolute Gasteiger partial charge is 0.315 e. The second-order valence-electron chi connectivity index (χ2n) is 7.67. The highest BCUT2D eigenvalue weighted by Crippen LogP contribution is 2.58. The molecule has 0 aromatic carbocycles. The number of nitrogens with one attached hydrogen (secondary N) is 2. The molecule has 4 heteroatoms. The number of carbonyl (C=O) groups excluding carboxylic acids is 1. The van der Waals surface area contributed by atoms with Crippen LogP contribution < -0.4 is 10.6 Å². The molecule has 0 spiro atoms. The van der Waals surface area contributed by atoms with E-state index in [9.17, 15) is 4.79 Å². The Labute approximate surface area is 127 Å². The number of rotatable bonds is 3. The highest BCUT2D eigenvalue weighted by molar-refractivity contribution is 5.74. The number of hydrogen-bond acceptors (Lipinski definition) is 2. The minimum absolute atomic E-state index is 0.0635. The van der Waals surface area contributed by atoms with Crippen LogP contribution in [0.3, 0.4) is 0 Å². The lowest BCUT2D eigenvalue weighted by Crippen LogP contribution is -2.48. The zero-order chi connectivity index (χ0) is 14.2. The van der Waals surface area contributed by atoms with Gasteiger partial charge in [-0.3, -0.25) is 0 Å². The van der Waals surface area contributed by atoms with Crippen molar-refractivity contribution in [3.63, 3.8) is 0 Å². The number of urea groups is 1. The van der Waals surface area contributed by atoms with E-state index >= 15 is 0 Å². The minimum atomic E-state index is 0.0635. The van der Waals surface area contributed by atoms with Gasteiger partial charge in [0.05, 0.1) is 0 Å². The molecule has 4 fully saturated rings. The first-order valence-corrected chi connectivity index (χ1v) is 8.93. The fourth-order valence-electron chi connectivity index (χ4n) is 5.64. The molecule has 0 aromatic rings. The molecule has 3 saturated carbocycles. The van der Waals surface area contributed by atoms with Crippen molar-refractivity contribution in [1.82, 2.24) is 10.6 Å². The number of amides is 2. The van der Waals surface area contributed by atoms with E-state index in [4.69, 9.17) is 4.74 Å². The van der Waals surface area contributed by atoms with Gasteiger partial charge in [-0.15, -0.1) is 0 Å². The third-order valence-corrected chi connectivity index (χ3v) is 6.64. The normalized spacial score (nSPS) is 42.0. The van der Waals surface area contributed by atoms with Crippen LogP contribution in [0.25, 0.3) is 0 Å². The van der Waals surface area contributed by atoms with Gasteiger partial charge >= 0.3 is 6.03 Å². The molecule has 2 bridgehead atoms. The molecule has 1 heterocycles. The zero-order valence-electron chi connectivity index (χ0n) is 12.9. The van der Waals surface area contributed by atoms with Crippen LogP contribution >= 0.6 is 0 Å². The van der Waals surface area contributed by atoms with E-state index in [1.165, 1.54) is 32.1 Å². The molecular weight excluding hydrogens is 264 g/mol. The zero-order valence-corrected chi connectivity index (χ0v) is 12.9. The van der Waals surface area contributed by atoms with Gasteiger partial charge < -0.3 is 15.4 Å². The predicted octanol–water partition coefficient (Wildman–Crippen LogP) is 2.54. The molecular formula is C17H28N2O2. The first-order chi connectivity index (χ1) is 10.3. The average molecular weight is 292 g/mol. The van der Waals surface area contributed by atoms with E-state index in [-0.39, 0.29) is 6.03 Å². The second-order valence-corrected chi connectivity index (χ2v) is 7.67. The highest BCUT2D eigenvalue weighted by atomic mass is 16.5. The van der Waals surface area contributed by atoms with E-state index in [0.29, 0.717) is 12.0 Å². The molecule has 0 radical (unpaired) electrons. The molecule has 3 aliphatic carbocycles. The van der Waals surface area contributed by atoms with Gasteiger partial charge in [-0.05, 0) is 68.1 Å². The van der Waals surface area contributed by atoms with Crippen molar-refractivity contribution >= 4 is 6.03 Å². The summed E-state index contributed by atoms with van der Waals surface area (Å²) in [4.78, 5) is 12.2. The van der Waals surface area contributed by atoms with Crippen LogP contribution in [0.5, 0.6) is 0 Å². The van der Waals surface area contributed by atoms with Crippen molar-refractivity contribution in [3.05, 3.63) is 0 Å². The van der Waals surface area contributed by atoms with Gasteiger partial charge in [0.15, 0.2) is 0 Å². The molecule has 4 aliphatic rings. The molecule has 2 N–H and O–H groups in total. The molecule has 1 saturated heterocycles. The maximum Gasteiger partial charge on any atom is 0.315 e. The Bertz CT molecular complexity index is 394. The Morgan fingerprint density at radius 3 is 2.67 bits per heavy atom. The summed E-state index contributed by atoms with van der Waals surface area (Å²) < 4.78 is 5.36. The standard InChI is InChI=1S/C17H28N2O2/c20-17(18-10-11-4-6-21-7-5-11)19-16-9-12-8-15(16)14-3-1-2-13(12)14/h11-16H,1-10H2,(H2,18,19,20)/t12-,13+,14+,15+,16-/m1/s1. The van der Waals surface area contributed by atoms with Gasteiger partial charge in [0.25, 0.3) is 0 Å². The van der Waals surface area contributed by atoms with Crippen molar-refractivity contribution < 1.29 is 9.53 Å². The van der Waals surface area contributed by atoms with E-state index in [0.717, 1.165) is 56.3 Å². The van der Waals surface area contributed by atoms with Crippen LogP contribution in [-0.4, -0.2) is 31.8 Å². The quantitative estimate of drug-likeness (QED) is 0.840. The fourth-order valence-corrected chi connectivity index (χ4v) is 5.64. The lowest BCUT2D eigenvalue weighted by Gasteiger charge is -2.32.